The lowest BCUT2D eigenvalue weighted by molar-refractivity contribution is -0.586. The van der Waals surface area contributed by atoms with Crippen molar-refractivity contribution < 1.29 is 14.9 Å². The summed E-state index contributed by atoms with van der Waals surface area (Å²) in [6.45, 7) is 9.08. The van der Waals surface area contributed by atoms with E-state index in [4.69, 9.17) is 0 Å². The van der Waals surface area contributed by atoms with Gasteiger partial charge in [0.05, 0.1) is 22.2 Å². The molecule has 0 aromatic heterocycles. The highest BCUT2D eigenvalue weighted by Crippen LogP contribution is 2.46. The van der Waals surface area contributed by atoms with Gasteiger partial charge in [0.15, 0.2) is 0 Å². The van der Waals surface area contributed by atoms with E-state index in [1.807, 2.05) is 12.1 Å². The zero-order valence-electron chi connectivity index (χ0n) is 34.8. The summed E-state index contributed by atoms with van der Waals surface area (Å²) in [7, 11) is 0. The Bertz CT molecular complexity index is 2160. The van der Waals surface area contributed by atoms with Crippen LogP contribution in [0.25, 0.3) is 32.7 Å². The summed E-state index contributed by atoms with van der Waals surface area (Å²) in [5.41, 5.74) is 4.55. The number of nitrogens with one attached hydrogen (secondary N) is 4. The third-order valence-electron chi connectivity index (χ3n) is 12.9. The first-order chi connectivity index (χ1) is 27.4. The van der Waals surface area contributed by atoms with Crippen LogP contribution in [0.2, 0.25) is 0 Å². The number of allylic oxidation sites excluding steroid dienone is 2. The Hall–Kier alpha value is -4.32. The fourth-order valence-electron chi connectivity index (χ4n) is 9.83. The van der Waals surface area contributed by atoms with Crippen LogP contribution >= 0.6 is 0 Å². The molecule has 298 valence electrons. The number of Topliss-reactive ketones (excluding diaryl/α,β-unsaturated/α-hetero) is 1. The molecule has 0 bridgehead atoms. The average molecular weight is 756 g/mol. The van der Waals surface area contributed by atoms with Gasteiger partial charge < -0.3 is 21.1 Å². The first-order valence-corrected chi connectivity index (χ1v) is 22.5. The molecule has 0 unspecified atom stereocenters. The molecule has 5 N–H and O–H groups in total. The van der Waals surface area contributed by atoms with Gasteiger partial charge in [0.1, 0.15) is 11.4 Å². The number of aliphatic hydroxyl groups is 1. The second-order valence-electron chi connectivity index (χ2n) is 17.1. The summed E-state index contributed by atoms with van der Waals surface area (Å²) in [5, 5.41) is 29.9. The molecular weight excluding hydrogens is 689 g/mol. The molecule has 1 aliphatic carbocycles. The van der Waals surface area contributed by atoms with Gasteiger partial charge in [0.2, 0.25) is 16.8 Å². The summed E-state index contributed by atoms with van der Waals surface area (Å²) >= 11 is 0. The third-order valence-corrected chi connectivity index (χ3v) is 12.9. The van der Waals surface area contributed by atoms with Crippen LogP contribution in [0.15, 0.2) is 66.4 Å². The molecule has 6 heteroatoms. The summed E-state index contributed by atoms with van der Waals surface area (Å²) < 4.78 is 0. The molecule has 0 saturated heterocycles. The molecule has 0 radical (unpaired) electrons. The van der Waals surface area contributed by atoms with Crippen LogP contribution in [0.1, 0.15) is 162 Å². The van der Waals surface area contributed by atoms with Crippen molar-refractivity contribution in [2.24, 2.45) is 0 Å². The highest BCUT2D eigenvalue weighted by Gasteiger charge is 2.40. The number of aliphatic hydroxyl groups excluding tert-OH is 1. The quantitative estimate of drug-likeness (QED) is 0.0547. The highest BCUT2D eigenvalue weighted by atomic mass is 16.3. The molecule has 0 fully saturated rings. The molecule has 6 nitrogen and oxygen atoms in total. The largest absolute Gasteiger partial charge is 0.506 e. The van der Waals surface area contributed by atoms with Crippen LogP contribution in [-0.2, 0) is 4.79 Å². The van der Waals surface area contributed by atoms with Crippen molar-refractivity contribution in [1.29, 1.82) is 0 Å². The smallest absolute Gasteiger partial charge is 0.234 e. The van der Waals surface area contributed by atoms with E-state index in [2.05, 4.69) is 97.2 Å². The molecule has 0 saturated carbocycles. The Kier molecular flexibility index (Phi) is 12.7. The maximum atomic E-state index is 14.3. The third kappa shape index (κ3) is 7.95. The van der Waals surface area contributed by atoms with E-state index in [0.29, 0.717) is 11.1 Å². The molecular formula is C50H67N4O2+. The van der Waals surface area contributed by atoms with Crippen molar-refractivity contribution in [2.45, 2.75) is 167 Å². The SMILES string of the molecule is CCCCCCC1(CCCCCC)Nc2cccc3c(C4=C(O)C(=c5ccc6c7c(cccc57)NC(CCCCCC)(CCCCCC)[NH+]=6)C4=O)ccc(c23)N1. The number of unbranched alkanes of at least 4 members (excludes halogenated alkanes) is 12. The van der Waals surface area contributed by atoms with Gasteiger partial charge in [0, 0.05) is 35.7 Å². The number of hydrogen-bond donors (Lipinski definition) is 5. The summed E-state index contributed by atoms with van der Waals surface area (Å²) in [6, 6.07) is 21.1. The normalized spacial score (nSPS) is 17.3. The topological polar surface area (TPSA) is 87.4 Å². The average Bonchev–Trinajstić information content (AvgIpc) is 3.21. The van der Waals surface area contributed by atoms with Crippen molar-refractivity contribution in [3.05, 3.63) is 82.6 Å². The number of ketones is 1. The molecule has 0 spiro atoms. The molecule has 4 aromatic carbocycles. The first-order valence-electron chi connectivity index (χ1n) is 22.5. The van der Waals surface area contributed by atoms with E-state index in [1.165, 1.54) is 103 Å². The summed E-state index contributed by atoms with van der Waals surface area (Å²) in [6.07, 6.45) is 23.9. The predicted octanol–water partition coefficient (Wildman–Crippen LogP) is 10.9. The van der Waals surface area contributed by atoms with Gasteiger partial charge in [0.25, 0.3) is 0 Å². The maximum Gasteiger partial charge on any atom is 0.234 e. The van der Waals surface area contributed by atoms with Crippen LogP contribution in [0, 0.1) is 0 Å². The predicted molar refractivity (Wildman–Crippen MR) is 237 cm³/mol. The van der Waals surface area contributed by atoms with Gasteiger partial charge in [-0.1, -0.05) is 135 Å². The van der Waals surface area contributed by atoms with Crippen LogP contribution in [0.5, 0.6) is 0 Å². The van der Waals surface area contributed by atoms with E-state index in [9.17, 15) is 9.90 Å². The second kappa shape index (κ2) is 17.9. The van der Waals surface area contributed by atoms with Gasteiger partial charge in [-0.25, -0.2) is 4.99 Å². The highest BCUT2D eigenvalue weighted by molar-refractivity contribution is 6.53. The maximum absolute atomic E-state index is 14.3. The lowest BCUT2D eigenvalue weighted by Crippen LogP contribution is -2.94. The van der Waals surface area contributed by atoms with Crippen molar-refractivity contribution in [3.63, 3.8) is 0 Å². The van der Waals surface area contributed by atoms with Gasteiger partial charge in [-0.15, -0.1) is 0 Å². The van der Waals surface area contributed by atoms with E-state index in [0.717, 1.165) is 80.4 Å². The van der Waals surface area contributed by atoms with E-state index in [-0.39, 0.29) is 22.9 Å². The monoisotopic (exact) mass is 756 g/mol. The van der Waals surface area contributed by atoms with Crippen LogP contribution in [0.3, 0.4) is 0 Å². The van der Waals surface area contributed by atoms with Gasteiger partial charge in [-0.05, 0) is 84.3 Å². The van der Waals surface area contributed by atoms with E-state index < -0.39 is 0 Å². The number of hydrogen-bond acceptors (Lipinski definition) is 5. The first kappa shape index (κ1) is 39.9. The van der Waals surface area contributed by atoms with E-state index in [1.54, 1.807) is 0 Å². The summed E-state index contributed by atoms with van der Waals surface area (Å²) in [4.78, 5) is 18.3. The fourth-order valence-corrected chi connectivity index (χ4v) is 9.83. The van der Waals surface area contributed by atoms with Gasteiger partial charge >= 0.3 is 0 Å². The molecule has 2 aliphatic heterocycles. The molecule has 4 aromatic rings. The molecule has 0 atom stereocenters. The van der Waals surface area contributed by atoms with Crippen molar-refractivity contribution in [2.75, 3.05) is 16.0 Å². The zero-order chi connectivity index (χ0) is 39.1. The fraction of sp³-hybridized carbons (Fsp3) is 0.520. The minimum absolute atomic E-state index is 0.0900. The molecule has 0 amide bonds. The van der Waals surface area contributed by atoms with Crippen LogP contribution < -0.4 is 31.5 Å². The Labute approximate surface area is 335 Å². The zero-order valence-corrected chi connectivity index (χ0v) is 34.8. The molecule has 56 heavy (non-hydrogen) atoms. The lowest BCUT2D eigenvalue weighted by Gasteiger charge is -2.42. The second-order valence-corrected chi connectivity index (χ2v) is 17.1. The number of anilines is 3. The summed E-state index contributed by atoms with van der Waals surface area (Å²) in [5.74, 6) is -0.00740. The lowest BCUT2D eigenvalue weighted by atomic mass is 9.79. The minimum Gasteiger partial charge on any atom is -0.506 e. The number of carbonyl (C=O) groups is 1. The minimum atomic E-state index is -0.193. The van der Waals surface area contributed by atoms with Crippen LogP contribution in [-0.4, -0.2) is 22.2 Å². The Balaban J connectivity index is 1.24. The molecule has 7 rings (SSSR count). The number of benzene rings is 4. The van der Waals surface area contributed by atoms with E-state index >= 15 is 0 Å². The molecule has 3 aliphatic rings. The number of carbonyl (C=O) groups excluding carboxylic acids is 1. The Morgan fingerprint density at radius 2 is 1.07 bits per heavy atom. The van der Waals surface area contributed by atoms with Crippen molar-refractivity contribution in [3.8, 4) is 0 Å². The van der Waals surface area contributed by atoms with Crippen molar-refractivity contribution >= 4 is 55.5 Å². The van der Waals surface area contributed by atoms with Gasteiger partial charge in [-0.2, -0.15) is 0 Å². The van der Waals surface area contributed by atoms with Crippen LogP contribution in [0.4, 0.5) is 17.1 Å². The van der Waals surface area contributed by atoms with Crippen molar-refractivity contribution in [1.82, 2.24) is 0 Å². The number of rotatable bonds is 21. The standard InChI is InChI=1S/C50H66N4O2/c1-5-9-13-17-31-49(32-18-14-10-6-2)51-39-25-21-23-35-37(27-29-41(53-49)43(35)39)45-47(55)46(48(45)56)38-28-30-42-44-36(38)24-22-26-40(44)52-50(54-42,33-19-15-11-7-3)34-20-16-12-8-4/h21-30,51-53,55H,5-20,31-34H2,1-4H3/p+1. The Morgan fingerprint density at radius 3 is 1.64 bits per heavy atom. The molecule has 2 heterocycles. The Morgan fingerprint density at radius 1 is 0.536 bits per heavy atom. The van der Waals surface area contributed by atoms with Gasteiger partial charge in [-0.3, -0.25) is 4.79 Å².